The minimum atomic E-state index is -2.92. The maximum atomic E-state index is 14.3. The molecule has 28 heavy (non-hydrogen) atoms. The van der Waals surface area contributed by atoms with Crippen molar-refractivity contribution in [1.82, 2.24) is 5.09 Å². The largest absolute Gasteiger partial charge is 0.297 e. The quantitative estimate of drug-likeness (QED) is 0.362. The average molecular weight is 410 g/mol. The zero-order chi connectivity index (χ0) is 19.8. The summed E-state index contributed by atoms with van der Waals surface area (Å²) < 4.78 is 14.3. The third-order valence-corrected chi connectivity index (χ3v) is 8.51. The van der Waals surface area contributed by atoms with Crippen molar-refractivity contribution in [1.29, 1.82) is 0 Å². The maximum Gasteiger partial charge on any atom is 0.204 e. The Hall–Kier alpha value is -1.80. The van der Waals surface area contributed by atoms with E-state index < -0.39 is 7.29 Å². The van der Waals surface area contributed by atoms with E-state index in [0.29, 0.717) is 5.92 Å². The summed E-state index contributed by atoms with van der Waals surface area (Å²) in [6.07, 6.45) is 0.976. The summed E-state index contributed by atoms with van der Waals surface area (Å²) in [6, 6.07) is 30.2. The van der Waals surface area contributed by atoms with E-state index in [1.54, 1.807) is 0 Å². The van der Waals surface area contributed by atoms with E-state index in [2.05, 4.69) is 43.2 Å². The lowest BCUT2D eigenvalue weighted by atomic mass is 10.1. The van der Waals surface area contributed by atoms with Crippen molar-refractivity contribution in [3.8, 4) is 0 Å². The Morgan fingerprint density at radius 3 is 1.71 bits per heavy atom. The van der Waals surface area contributed by atoms with E-state index in [-0.39, 0.29) is 6.04 Å². The molecule has 0 heterocycles. The van der Waals surface area contributed by atoms with Crippen LogP contribution in [0.1, 0.15) is 20.3 Å². The Balaban J connectivity index is 1.88. The van der Waals surface area contributed by atoms with Gasteiger partial charge in [0.1, 0.15) is 0 Å². The smallest absolute Gasteiger partial charge is 0.204 e. The first kappa shape index (κ1) is 20.9. The normalized spacial score (nSPS) is 12.8. The minimum absolute atomic E-state index is 0.149. The number of benzene rings is 3. The van der Waals surface area contributed by atoms with Gasteiger partial charge in [-0.3, -0.25) is 9.65 Å². The first-order valence-electron chi connectivity index (χ1n) is 9.75. The number of rotatable bonds is 9. The fraction of sp³-hybridized carbons (Fsp3) is 0.250. The van der Waals surface area contributed by atoms with Crippen LogP contribution in [0, 0.1) is 5.92 Å². The van der Waals surface area contributed by atoms with E-state index in [1.165, 1.54) is 4.90 Å². The minimum Gasteiger partial charge on any atom is -0.297 e. The van der Waals surface area contributed by atoms with Crippen molar-refractivity contribution in [2.45, 2.75) is 31.2 Å². The van der Waals surface area contributed by atoms with Gasteiger partial charge in [0.05, 0.1) is 0 Å². The molecule has 0 spiro atoms. The van der Waals surface area contributed by atoms with Crippen LogP contribution in [-0.2, 0) is 4.57 Å². The molecular formula is C24H28NOPS. The molecular weight excluding hydrogens is 381 g/mol. The van der Waals surface area contributed by atoms with Crippen molar-refractivity contribution in [2.75, 3.05) is 5.75 Å². The molecule has 0 amide bonds. The third kappa shape index (κ3) is 5.61. The second kappa shape index (κ2) is 10.1. The summed E-state index contributed by atoms with van der Waals surface area (Å²) in [6.45, 7) is 4.44. The molecule has 0 radical (unpaired) electrons. The topological polar surface area (TPSA) is 29.1 Å². The lowest BCUT2D eigenvalue weighted by Crippen LogP contribution is -2.37. The standard InChI is InChI=1S/C24H28NOPS/c1-20(2)18-21(19-28-24-16-10-5-11-17-24)25-27(26,22-12-6-3-7-13-22)23-14-8-4-9-15-23/h3-17,20-21H,18-19H2,1-2H3,(H,25,26)/t21-/m0/s1. The first-order valence-corrected chi connectivity index (χ1v) is 12.4. The van der Waals surface area contributed by atoms with Gasteiger partial charge in [-0.2, -0.15) is 0 Å². The van der Waals surface area contributed by atoms with E-state index >= 15 is 0 Å². The predicted octanol–water partition coefficient (Wildman–Crippen LogP) is 5.71. The highest BCUT2D eigenvalue weighted by atomic mass is 32.2. The second-order valence-corrected chi connectivity index (χ2v) is 11.0. The molecule has 0 aliphatic heterocycles. The first-order chi connectivity index (χ1) is 13.6. The van der Waals surface area contributed by atoms with Crippen LogP contribution in [0.4, 0.5) is 0 Å². The van der Waals surface area contributed by atoms with Crippen LogP contribution in [0.15, 0.2) is 95.9 Å². The summed E-state index contributed by atoms with van der Waals surface area (Å²) in [5.74, 6) is 1.40. The highest BCUT2D eigenvalue weighted by Gasteiger charge is 2.30. The van der Waals surface area contributed by atoms with Crippen LogP contribution in [-0.4, -0.2) is 11.8 Å². The summed E-state index contributed by atoms with van der Waals surface area (Å²) in [4.78, 5) is 1.24. The van der Waals surface area contributed by atoms with Crippen LogP contribution in [0.5, 0.6) is 0 Å². The molecule has 3 aromatic carbocycles. The van der Waals surface area contributed by atoms with Gasteiger partial charge in [0.15, 0.2) is 0 Å². The lowest BCUT2D eigenvalue weighted by Gasteiger charge is -2.28. The zero-order valence-electron chi connectivity index (χ0n) is 16.5. The van der Waals surface area contributed by atoms with Crippen molar-refractivity contribution >= 4 is 29.7 Å². The summed E-state index contributed by atoms with van der Waals surface area (Å²) in [5, 5.41) is 5.32. The monoisotopic (exact) mass is 409 g/mol. The molecule has 0 aliphatic rings. The highest BCUT2D eigenvalue weighted by Crippen LogP contribution is 2.40. The molecule has 0 aromatic heterocycles. The number of hydrogen-bond donors (Lipinski definition) is 1. The Morgan fingerprint density at radius 2 is 1.25 bits per heavy atom. The van der Waals surface area contributed by atoms with Crippen LogP contribution in [0.2, 0.25) is 0 Å². The fourth-order valence-corrected chi connectivity index (χ4v) is 6.85. The Kier molecular flexibility index (Phi) is 7.56. The van der Waals surface area contributed by atoms with Gasteiger partial charge in [-0.05, 0) is 48.7 Å². The van der Waals surface area contributed by atoms with Crippen LogP contribution in [0.25, 0.3) is 0 Å². The van der Waals surface area contributed by atoms with E-state index in [1.807, 2.05) is 78.5 Å². The van der Waals surface area contributed by atoms with Crippen LogP contribution in [0.3, 0.4) is 0 Å². The molecule has 146 valence electrons. The molecule has 0 unspecified atom stereocenters. The van der Waals surface area contributed by atoms with E-state index in [4.69, 9.17) is 0 Å². The molecule has 0 saturated heterocycles. The molecule has 3 aromatic rings. The SMILES string of the molecule is CC(C)C[C@@H](CSc1ccccc1)NP(=O)(c1ccccc1)c1ccccc1. The second-order valence-electron chi connectivity index (χ2n) is 7.36. The fourth-order valence-electron chi connectivity index (χ4n) is 3.27. The van der Waals surface area contributed by atoms with E-state index in [0.717, 1.165) is 22.8 Å². The van der Waals surface area contributed by atoms with Gasteiger partial charge in [0.25, 0.3) is 0 Å². The number of thioether (sulfide) groups is 1. The predicted molar refractivity (Wildman–Crippen MR) is 123 cm³/mol. The van der Waals surface area contributed by atoms with Gasteiger partial charge in [0.2, 0.25) is 7.29 Å². The maximum absolute atomic E-state index is 14.3. The number of hydrogen-bond acceptors (Lipinski definition) is 2. The van der Waals surface area contributed by atoms with Crippen LogP contribution < -0.4 is 15.7 Å². The third-order valence-electron chi connectivity index (χ3n) is 4.55. The number of nitrogens with one attached hydrogen (secondary N) is 1. The van der Waals surface area contributed by atoms with Gasteiger partial charge in [-0.1, -0.05) is 68.4 Å². The summed E-state index contributed by atoms with van der Waals surface area (Å²) in [7, 11) is -2.92. The molecule has 3 rings (SSSR count). The van der Waals surface area contributed by atoms with Crippen molar-refractivity contribution in [2.24, 2.45) is 5.92 Å². The zero-order valence-corrected chi connectivity index (χ0v) is 18.2. The molecule has 0 bridgehead atoms. The van der Waals surface area contributed by atoms with Gasteiger partial charge >= 0.3 is 0 Å². The molecule has 1 atom stereocenters. The van der Waals surface area contributed by atoms with E-state index in [9.17, 15) is 4.57 Å². The Morgan fingerprint density at radius 1 is 0.786 bits per heavy atom. The summed E-state index contributed by atoms with van der Waals surface area (Å²) in [5.41, 5.74) is 0. The summed E-state index contributed by atoms with van der Waals surface area (Å²) >= 11 is 1.82. The van der Waals surface area contributed by atoms with Crippen molar-refractivity contribution in [3.05, 3.63) is 91.0 Å². The molecule has 1 N–H and O–H groups in total. The van der Waals surface area contributed by atoms with Gasteiger partial charge in [-0.25, -0.2) is 0 Å². The average Bonchev–Trinajstić information content (AvgIpc) is 2.73. The highest BCUT2D eigenvalue weighted by molar-refractivity contribution is 7.99. The Bertz CT molecular complexity index is 841. The molecule has 0 fully saturated rings. The van der Waals surface area contributed by atoms with Crippen molar-refractivity contribution in [3.63, 3.8) is 0 Å². The molecule has 0 aliphatic carbocycles. The van der Waals surface area contributed by atoms with Gasteiger partial charge in [0, 0.05) is 27.3 Å². The van der Waals surface area contributed by atoms with Crippen molar-refractivity contribution < 1.29 is 4.57 Å². The lowest BCUT2D eigenvalue weighted by molar-refractivity contribution is 0.491. The van der Waals surface area contributed by atoms with Gasteiger partial charge < -0.3 is 0 Å². The molecule has 4 heteroatoms. The van der Waals surface area contributed by atoms with Crippen LogP contribution >= 0.6 is 19.1 Å². The Labute approximate surface area is 173 Å². The molecule has 2 nitrogen and oxygen atoms in total. The molecule has 0 saturated carbocycles. The van der Waals surface area contributed by atoms with Gasteiger partial charge in [-0.15, -0.1) is 11.8 Å².